The number of hydrogen-bond acceptors (Lipinski definition) is 7. The third-order valence-corrected chi connectivity index (χ3v) is 7.71. The van der Waals surface area contributed by atoms with Gasteiger partial charge in [0.15, 0.2) is 23.6 Å². The quantitative estimate of drug-likeness (QED) is 0.179. The number of ether oxygens (including phenoxy) is 2. The molecule has 0 saturated heterocycles. The molecule has 0 aliphatic rings. The van der Waals surface area contributed by atoms with Gasteiger partial charge >= 0.3 is 0 Å². The maximum Gasteiger partial charge on any atom is 0.260 e. The van der Waals surface area contributed by atoms with Gasteiger partial charge in [0, 0.05) is 37.0 Å². The van der Waals surface area contributed by atoms with Crippen molar-refractivity contribution in [1.82, 2.24) is 20.3 Å². The summed E-state index contributed by atoms with van der Waals surface area (Å²) in [5.41, 5.74) is 6.63. The Labute approximate surface area is 260 Å². The molecule has 44 heavy (non-hydrogen) atoms. The van der Waals surface area contributed by atoms with E-state index in [1.807, 2.05) is 58.9 Å². The highest BCUT2D eigenvalue weighted by atomic mass is 16.5. The molecule has 4 aromatic rings. The van der Waals surface area contributed by atoms with Gasteiger partial charge < -0.3 is 19.9 Å². The number of methoxy groups -OCH3 is 1. The molecule has 8 heteroatoms. The Morgan fingerprint density at radius 1 is 0.773 bits per heavy atom. The van der Waals surface area contributed by atoms with Crippen LogP contribution < -0.4 is 10.1 Å². The van der Waals surface area contributed by atoms with Gasteiger partial charge in [0.1, 0.15) is 11.5 Å². The van der Waals surface area contributed by atoms with Gasteiger partial charge in [-0.3, -0.25) is 4.79 Å². The molecule has 0 aliphatic carbocycles. The molecule has 8 nitrogen and oxygen atoms in total. The summed E-state index contributed by atoms with van der Waals surface area (Å²) in [6.45, 7) is 14.7. The van der Waals surface area contributed by atoms with Gasteiger partial charge in [-0.15, -0.1) is 0 Å². The van der Waals surface area contributed by atoms with Gasteiger partial charge in [-0.1, -0.05) is 54.4 Å². The molecular formula is C36H44N4O4. The van der Waals surface area contributed by atoms with Gasteiger partial charge in [0.2, 0.25) is 0 Å². The first-order valence-corrected chi connectivity index (χ1v) is 15.2. The first kappa shape index (κ1) is 32.6. The minimum atomic E-state index is -0.747. The SMILES string of the molecule is COCC(C)CCC(C)NC(=O)C(C)Oc1ccc(-c2nc(-c3ccc(C)cc3C)nc(-c3ccc(C)cc3C)n2)c(O)c1. The second-order valence-electron chi connectivity index (χ2n) is 11.9. The standard InChI is InChI=1S/C36H44N4O4/c1-21-10-14-29(24(4)17-21)33-38-34(30-15-11-22(2)18-25(30)5)40-35(39-33)31-16-13-28(19-32(31)41)44-27(7)36(42)37-26(6)12-9-23(3)20-43-8/h10-11,13-19,23,26-27,41H,9,12,20H2,1-8H3,(H,37,42). The zero-order chi connectivity index (χ0) is 32.0. The van der Waals surface area contributed by atoms with Crippen molar-refractivity contribution in [3.8, 4) is 45.7 Å². The number of phenolic OH excluding ortho intramolecular Hbond substituents is 1. The molecule has 0 aliphatic heterocycles. The molecule has 232 valence electrons. The molecule has 1 aromatic heterocycles. The monoisotopic (exact) mass is 596 g/mol. The van der Waals surface area contributed by atoms with E-state index in [0.29, 0.717) is 41.3 Å². The Morgan fingerprint density at radius 3 is 1.80 bits per heavy atom. The lowest BCUT2D eigenvalue weighted by molar-refractivity contribution is -0.127. The number of nitrogens with one attached hydrogen (secondary N) is 1. The van der Waals surface area contributed by atoms with Crippen molar-refractivity contribution in [2.45, 2.75) is 73.5 Å². The van der Waals surface area contributed by atoms with E-state index >= 15 is 0 Å². The molecule has 0 spiro atoms. The van der Waals surface area contributed by atoms with Crippen LogP contribution in [0.25, 0.3) is 34.2 Å². The zero-order valence-corrected chi connectivity index (χ0v) is 27.1. The Kier molecular flexibility index (Phi) is 10.7. The van der Waals surface area contributed by atoms with E-state index in [1.165, 1.54) is 6.07 Å². The lowest BCUT2D eigenvalue weighted by Crippen LogP contribution is -2.41. The smallest absolute Gasteiger partial charge is 0.260 e. The number of carbonyl (C=O) groups is 1. The summed E-state index contributed by atoms with van der Waals surface area (Å²) in [4.78, 5) is 27.2. The second-order valence-corrected chi connectivity index (χ2v) is 11.9. The molecule has 2 N–H and O–H groups in total. The van der Waals surface area contributed by atoms with Gasteiger partial charge in [-0.25, -0.2) is 15.0 Å². The van der Waals surface area contributed by atoms with E-state index in [-0.39, 0.29) is 17.7 Å². The predicted octanol–water partition coefficient (Wildman–Crippen LogP) is 7.15. The number of phenols is 1. The third kappa shape index (κ3) is 8.20. The highest BCUT2D eigenvalue weighted by molar-refractivity contribution is 5.81. The largest absolute Gasteiger partial charge is 0.507 e. The summed E-state index contributed by atoms with van der Waals surface area (Å²) in [5, 5.41) is 14.1. The van der Waals surface area contributed by atoms with Crippen molar-refractivity contribution in [3.05, 3.63) is 76.9 Å². The van der Waals surface area contributed by atoms with E-state index < -0.39 is 6.10 Å². The number of aryl methyl sites for hydroxylation is 4. The van der Waals surface area contributed by atoms with E-state index in [9.17, 15) is 9.90 Å². The minimum absolute atomic E-state index is 0.00481. The van der Waals surface area contributed by atoms with Crippen molar-refractivity contribution < 1.29 is 19.4 Å². The molecule has 0 fully saturated rings. The number of benzene rings is 3. The summed E-state index contributed by atoms with van der Waals surface area (Å²) in [7, 11) is 1.70. The Hall–Kier alpha value is -4.30. The first-order chi connectivity index (χ1) is 20.9. The minimum Gasteiger partial charge on any atom is -0.507 e. The van der Waals surface area contributed by atoms with Gasteiger partial charge in [0.05, 0.1) is 5.56 Å². The summed E-state index contributed by atoms with van der Waals surface area (Å²) in [5.74, 6) is 1.92. The van der Waals surface area contributed by atoms with Gasteiger partial charge in [-0.05, 0) is 83.6 Å². The lowest BCUT2D eigenvalue weighted by atomic mass is 10.0. The van der Waals surface area contributed by atoms with E-state index in [4.69, 9.17) is 24.4 Å². The Balaban J connectivity index is 1.59. The molecule has 3 unspecified atom stereocenters. The fraction of sp³-hybridized carbons (Fsp3) is 0.389. The van der Waals surface area contributed by atoms with Crippen LogP contribution in [-0.4, -0.2) is 51.8 Å². The lowest BCUT2D eigenvalue weighted by Gasteiger charge is -2.20. The van der Waals surface area contributed by atoms with Gasteiger partial charge in [0.25, 0.3) is 5.91 Å². The van der Waals surface area contributed by atoms with Crippen LogP contribution in [0.2, 0.25) is 0 Å². The average Bonchev–Trinajstić information content (AvgIpc) is 2.96. The van der Waals surface area contributed by atoms with Crippen LogP contribution >= 0.6 is 0 Å². The topological polar surface area (TPSA) is 106 Å². The van der Waals surface area contributed by atoms with Gasteiger partial charge in [-0.2, -0.15) is 0 Å². The van der Waals surface area contributed by atoms with E-state index in [1.54, 1.807) is 26.2 Å². The number of nitrogens with zero attached hydrogens (tertiary/aromatic N) is 3. The molecule has 1 heterocycles. The van der Waals surface area contributed by atoms with Crippen LogP contribution in [0.3, 0.4) is 0 Å². The van der Waals surface area contributed by atoms with E-state index in [2.05, 4.69) is 24.4 Å². The summed E-state index contributed by atoms with van der Waals surface area (Å²) < 4.78 is 11.1. The molecule has 3 atom stereocenters. The molecular weight excluding hydrogens is 552 g/mol. The fourth-order valence-electron chi connectivity index (χ4n) is 5.23. The van der Waals surface area contributed by atoms with Crippen molar-refractivity contribution in [3.63, 3.8) is 0 Å². The van der Waals surface area contributed by atoms with Crippen LogP contribution in [0.1, 0.15) is 55.9 Å². The van der Waals surface area contributed by atoms with Crippen LogP contribution in [0, 0.1) is 33.6 Å². The number of carbonyl (C=O) groups excluding carboxylic acids is 1. The average molecular weight is 597 g/mol. The molecule has 1 amide bonds. The molecule has 4 rings (SSSR count). The van der Waals surface area contributed by atoms with Crippen molar-refractivity contribution in [1.29, 1.82) is 0 Å². The predicted molar refractivity (Wildman–Crippen MR) is 175 cm³/mol. The highest BCUT2D eigenvalue weighted by Gasteiger charge is 2.20. The number of hydrogen-bond donors (Lipinski definition) is 2. The van der Waals surface area contributed by atoms with Crippen molar-refractivity contribution in [2.24, 2.45) is 5.92 Å². The zero-order valence-electron chi connectivity index (χ0n) is 27.1. The van der Waals surface area contributed by atoms with Crippen LogP contribution in [-0.2, 0) is 9.53 Å². The van der Waals surface area contributed by atoms with Crippen molar-refractivity contribution >= 4 is 5.91 Å². The van der Waals surface area contributed by atoms with Crippen LogP contribution in [0.4, 0.5) is 0 Å². The number of aromatic hydroxyl groups is 1. The molecule has 0 saturated carbocycles. The highest BCUT2D eigenvalue weighted by Crippen LogP contribution is 2.34. The number of amides is 1. The Bertz CT molecular complexity index is 1550. The second kappa shape index (κ2) is 14.4. The maximum absolute atomic E-state index is 12.8. The van der Waals surface area contributed by atoms with Crippen molar-refractivity contribution in [2.75, 3.05) is 13.7 Å². The molecule has 0 bridgehead atoms. The summed E-state index contributed by atoms with van der Waals surface area (Å²) >= 11 is 0. The normalized spacial score (nSPS) is 13.3. The summed E-state index contributed by atoms with van der Waals surface area (Å²) in [6.07, 6.45) is 1.05. The van der Waals surface area contributed by atoms with Crippen LogP contribution in [0.15, 0.2) is 54.6 Å². The number of rotatable bonds is 12. The maximum atomic E-state index is 12.8. The van der Waals surface area contributed by atoms with E-state index in [0.717, 1.165) is 46.2 Å². The summed E-state index contributed by atoms with van der Waals surface area (Å²) in [6, 6.07) is 17.2. The molecule has 0 radical (unpaired) electrons. The first-order valence-electron chi connectivity index (χ1n) is 15.2. The Morgan fingerprint density at radius 2 is 1.30 bits per heavy atom. The number of aromatic nitrogens is 3. The molecule has 3 aromatic carbocycles. The van der Waals surface area contributed by atoms with Crippen LogP contribution in [0.5, 0.6) is 11.5 Å². The third-order valence-electron chi connectivity index (χ3n) is 7.71. The fourth-order valence-corrected chi connectivity index (χ4v) is 5.23.